The minimum absolute atomic E-state index is 0.0757. The number of carboxylic acid groups (broad SMARTS) is 1. The fourth-order valence-corrected chi connectivity index (χ4v) is 7.16. The Morgan fingerprint density at radius 3 is 2.85 bits per heavy atom. The summed E-state index contributed by atoms with van der Waals surface area (Å²) in [4.78, 5) is 60.3. The van der Waals surface area contributed by atoms with E-state index >= 15 is 0 Å². The van der Waals surface area contributed by atoms with Crippen LogP contribution in [0.5, 0.6) is 0 Å². The van der Waals surface area contributed by atoms with Gasteiger partial charge >= 0.3 is 11.7 Å². The maximum absolute atomic E-state index is 12.8. The van der Waals surface area contributed by atoms with Crippen molar-refractivity contribution in [3.05, 3.63) is 32.8 Å². The fourth-order valence-electron chi connectivity index (χ4n) is 3.66. The summed E-state index contributed by atoms with van der Waals surface area (Å²) in [6.07, 6.45) is 0.976. The van der Waals surface area contributed by atoms with E-state index in [0.29, 0.717) is 0 Å². The molecule has 2 aromatic rings. The maximum atomic E-state index is 12.8. The Labute approximate surface area is 203 Å². The summed E-state index contributed by atoms with van der Waals surface area (Å²) in [5.41, 5.74) is 5.50. The number of rotatable bonds is 8. The van der Waals surface area contributed by atoms with Gasteiger partial charge in [0.2, 0.25) is 5.91 Å². The Kier molecular flexibility index (Phi) is 6.41. The van der Waals surface area contributed by atoms with Crippen LogP contribution < -0.4 is 16.7 Å². The number of carbonyl (C=O) groups excluding carboxylic acids is 2. The summed E-state index contributed by atoms with van der Waals surface area (Å²) < 4.78 is 0. The Hall–Kier alpha value is -3.31. The van der Waals surface area contributed by atoms with Gasteiger partial charge in [-0.05, 0) is 6.92 Å². The lowest BCUT2D eigenvalue weighted by atomic mass is 9.94. The molecule has 2 aliphatic heterocycles. The number of nitrogens with one attached hydrogen (secondary N) is 3. The molecule has 4 heterocycles. The Bertz CT molecular complexity index is 1270. The third-order valence-corrected chi connectivity index (χ3v) is 8.14. The number of H-pyrrole nitrogens is 2. The first-order valence-electron chi connectivity index (χ1n) is 9.55. The number of carboxylic acids is 1. The Morgan fingerprint density at radius 1 is 1.53 bits per heavy atom. The van der Waals surface area contributed by atoms with Gasteiger partial charge in [0.1, 0.15) is 19.0 Å². The van der Waals surface area contributed by atoms with Gasteiger partial charge in [-0.2, -0.15) is 0 Å². The quantitative estimate of drug-likeness (QED) is 0.132. The monoisotopic (exact) mass is 526 g/mol. The maximum Gasteiger partial charge on any atom is 0.352 e. The number of thiazole rings is 1. The number of aromatic nitrogens is 4. The van der Waals surface area contributed by atoms with Crippen molar-refractivity contribution in [2.24, 2.45) is 5.16 Å². The summed E-state index contributed by atoms with van der Waals surface area (Å²) in [6.45, 7) is 1.67. The van der Waals surface area contributed by atoms with E-state index in [-0.39, 0.29) is 39.6 Å². The highest BCUT2D eigenvalue weighted by molar-refractivity contribution is 8.01. The van der Waals surface area contributed by atoms with Gasteiger partial charge in [-0.15, -0.1) is 16.4 Å². The Morgan fingerprint density at radius 2 is 2.29 bits per heavy atom. The third kappa shape index (κ3) is 4.16. The number of nitrogens with two attached hydrogens (primary N) is 1. The van der Waals surface area contributed by atoms with Crippen molar-refractivity contribution in [1.82, 2.24) is 30.4 Å². The van der Waals surface area contributed by atoms with Crippen LogP contribution in [0.15, 0.2) is 31.8 Å². The number of nitrogen functional groups attached to an aromatic ring is 1. The predicted octanol–water partition coefficient (Wildman–Crippen LogP) is -0.137. The number of fused-ring (bicyclic) bond motifs is 1. The van der Waals surface area contributed by atoms with Gasteiger partial charge in [-0.1, -0.05) is 28.7 Å². The summed E-state index contributed by atoms with van der Waals surface area (Å²) in [7, 11) is 1.27. The van der Waals surface area contributed by atoms with Gasteiger partial charge in [0, 0.05) is 16.2 Å². The van der Waals surface area contributed by atoms with Gasteiger partial charge in [0.25, 0.3) is 5.91 Å². The number of anilines is 1. The summed E-state index contributed by atoms with van der Waals surface area (Å²) >= 11 is 3.31. The van der Waals surface area contributed by atoms with Crippen LogP contribution in [0.1, 0.15) is 19.0 Å². The van der Waals surface area contributed by atoms with Crippen molar-refractivity contribution in [3.63, 3.8) is 0 Å². The first kappa shape index (κ1) is 23.8. The van der Waals surface area contributed by atoms with Crippen LogP contribution in [0.2, 0.25) is 0 Å². The molecule has 2 aromatic heterocycles. The molecule has 0 radical (unpaired) electrons. The molecule has 0 aromatic carbocycles. The second kappa shape index (κ2) is 9.15. The number of hydrogen-bond acceptors (Lipinski definition) is 12. The number of oxime groups is 1. The second-order valence-corrected chi connectivity index (χ2v) is 10.6. The molecule has 0 bridgehead atoms. The molecule has 4 rings (SSSR count). The molecule has 2 aliphatic rings. The first-order valence-corrected chi connectivity index (χ1v) is 12.2. The minimum atomic E-state index is -1.52. The van der Waals surface area contributed by atoms with Crippen LogP contribution in [0.25, 0.3) is 0 Å². The van der Waals surface area contributed by atoms with E-state index in [4.69, 9.17) is 5.73 Å². The SMILES string of the molecule is CON=CC(=O)NC1(c2csc(N)n2)S[C@H]2CC(=O)N2C(C(=O)O)=C1C(C)Sc1n[nH]c(=O)[nH]1. The van der Waals surface area contributed by atoms with E-state index in [9.17, 15) is 24.3 Å². The lowest BCUT2D eigenvalue weighted by Gasteiger charge is -2.52. The number of nitrogens with zero attached hydrogens (tertiary/aromatic N) is 4. The molecule has 1 saturated heterocycles. The molecule has 2 amide bonds. The van der Waals surface area contributed by atoms with Crippen LogP contribution in [0.3, 0.4) is 0 Å². The first-order chi connectivity index (χ1) is 16.2. The highest BCUT2D eigenvalue weighted by Crippen LogP contribution is 2.56. The van der Waals surface area contributed by atoms with Crippen molar-refractivity contribution in [2.75, 3.05) is 12.8 Å². The largest absolute Gasteiger partial charge is 0.477 e. The third-order valence-electron chi connectivity index (χ3n) is 4.93. The van der Waals surface area contributed by atoms with E-state index in [1.165, 1.54) is 12.0 Å². The number of aliphatic carboxylic acids is 1. The van der Waals surface area contributed by atoms with E-state index in [1.54, 1.807) is 12.3 Å². The molecule has 34 heavy (non-hydrogen) atoms. The van der Waals surface area contributed by atoms with Crippen LogP contribution >= 0.6 is 34.9 Å². The van der Waals surface area contributed by atoms with Crippen molar-refractivity contribution in [1.29, 1.82) is 0 Å². The topological polar surface area (TPSA) is 209 Å². The van der Waals surface area contributed by atoms with Gasteiger partial charge in [-0.3, -0.25) is 19.5 Å². The van der Waals surface area contributed by atoms with Crippen molar-refractivity contribution in [2.45, 2.75) is 34.0 Å². The van der Waals surface area contributed by atoms with Gasteiger partial charge < -0.3 is 21.0 Å². The van der Waals surface area contributed by atoms with Crippen LogP contribution in [-0.2, 0) is 24.1 Å². The van der Waals surface area contributed by atoms with Gasteiger partial charge in [0.15, 0.2) is 15.2 Å². The number of aromatic amines is 2. The molecule has 17 heteroatoms. The van der Waals surface area contributed by atoms with Crippen LogP contribution in [0.4, 0.5) is 5.13 Å². The number of carbonyl (C=O) groups is 3. The van der Waals surface area contributed by atoms with E-state index in [0.717, 1.165) is 41.1 Å². The van der Waals surface area contributed by atoms with Crippen molar-refractivity contribution in [3.8, 4) is 0 Å². The lowest BCUT2D eigenvalue weighted by molar-refractivity contribution is -0.146. The number of amides is 2. The average Bonchev–Trinajstić information content (AvgIpc) is 3.38. The average molecular weight is 527 g/mol. The van der Waals surface area contributed by atoms with E-state index in [1.807, 2.05) is 0 Å². The zero-order valence-electron chi connectivity index (χ0n) is 17.6. The van der Waals surface area contributed by atoms with Crippen LogP contribution in [-0.4, -0.2) is 71.9 Å². The van der Waals surface area contributed by atoms with Crippen LogP contribution in [0, 0.1) is 0 Å². The zero-order chi connectivity index (χ0) is 24.6. The predicted molar refractivity (Wildman–Crippen MR) is 124 cm³/mol. The molecule has 180 valence electrons. The second-order valence-electron chi connectivity index (χ2n) is 7.01. The van der Waals surface area contributed by atoms with E-state index in [2.05, 4.69) is 35.5 Å². The Balaban J connectivity index is 1.93. The molecule has 2 unspecified atom stereocenters. The fraction of sp³-hybridized carbons (Fsp3) is 0.353. The minimum Gasteiger partial charge on any atom is -0.477 e. The molecular weight excluding hydrogens is 508 g/mol. The van der Waals surface area contributed by atoms with E-state index < -0.39 is 33.1 Å². The van der Waals surface area contributed by atoms with Crippen molar-refractivity contribution < 1.29 is 24.3 Å². The molecule has 3 atom stereocenters. The number of β-lactam (4-membered cyclic amide) rings is 1. The highest BCUT2D eigenvalue weighted by Gasteiger charge is 2.58. The van der Waals surface area contributed by atoms with Crippen molar-refractivity contribution >= 4 is 64.0 Å². The van der Waals surface area contributed by atoms with Gasteiger partial charge in [0.05, 0.1) is 17.5 Å². The number of thioether (sulfide) groups is 2. The zero-order valence-corrected chi connectivity index (χ0v) is 20.0. The molecule has 14 nitrogen and oxygen atoms in total. The summed E-state index contributed by atoms with van der Waals surface area (Å²) in [5, 5.41) is 23.3. The lowest BCUT2D eigenvalue weighted by Crippen LogP contribution is -2.62. The molecule has 0 aliphatic carbocycles. The number of hydrogen-bond donors (Lipinski definition) is 5. The highest BCUT2D eigenvalue weighted by atomic mass is 32.2. The molecule has 1 fully saturated rings. The van der Waals surface area contributed by atoms with Gasteiger partial charge in [-0.25, -0.2) is 19.7 Å². The molecular formula is C17H18N8O6S3. The summed E-state index contributed by atoms with van der Waals surface area (Å²) in [6, 6.07) is 0. The molecule has 0 saturated carbocycles. The molecule has 6 N–H and O–H groups in total. The standard InChI is InChI=1S/C17H18N8O6S3/c1-6(33-16-21-15(30)23-24-16)11-12(13(28)29)25-9(27)3-10(25)34-17(11,7-5-32-14(18)20-7)22-8(26)4-19-31-2/h4-6,10H,3H2,1-2H3,(H2,18,20)(H,22,26)(H,28,29)(H2,21,23,24,30)/t6?,10-,17?/m0/s1. The smallest absolute Gasteiger partial charge is 0.352 e. The normalized spacial score (nSPS) is 22.9. The molecule has 0 spiro atoms. The summed E-state index contributed by atoms with van der Waals surface area (Å²) in [5.74, 6) is -2.41.